The van der Waals surface area contributed by atoms with Crippen LogP contribution in [0.2, 0.25) is 5.02 Å². The van der Waals surface area contributed by atoms with E-state index in [9.17, 15) is 9.59 Å². The van der Waals surface area contributed by atoms with Gasteiger partial charge >= 0.3 is 5.97 Å². The first-order valence-electron chi connectivity index (χ1n) is 14.0. The molecule has 0 fully saturated rings. The number of carbonyl (C=O) groups excluding carboxylic acids is 1. The summed E-state index contributed by atoms with van der Waals surface area (Å²) in [4.78, 5) is 32.9. The topological polar surface area (TPSA) is 79.1 Å². The number of thiazole rings is 1. The number of esters is 1. The zero-order chi connectivity index (χ0) is 31.4. The van der Waals surface area contributed by atoms with Crippen molar-refractivity contribution < 1.29 is 19.0 Å². The average Bonchev–Trinajstić information content (AvgIpc) is 3.31. The number of allylic oxidation sites excluding steroid dienone is 1. The Balaban J connectivity index is 1.60. The van der Waals surface area contributed by atoms with Gasteiger partial charge in [-0.2, -0.15) is 0 Å². The molecule has 0 radical (unpaired) electrons. The summed E-state index contributed by atoms with van der Waals surface area (Å²) in [6, 6.07) is 17.9. The van der Waals surface area contributed by atoms with Gasteiger partial charge in [0, 0.05) is 15.1 Å². The Bertz CT molecular complexity index is 1920. The van der Waals surface area contributed by atoms with Crippen molar-refractivity contribution in [1.29, 1.82) is 0 Å². The summed E-state index contributed by atoms with van der Waals surface area (Å²) in [6.45, 7) is 4.36. The zero-order valence-electron chi connectivity index (χ0n) is 24.2. The van der Waals surface area contributed by atoms with E-state index in [1.165, 1.54) is 11.3 Å². The summed E-state index contributed by atoms with van der Waals surface area (Å²) in [5.74, 6) is 0.716. The number of benzene rings is 3. The van der Waals surface area contributed by atoms with Gasteiger partial charge in [0.15, 0.2) is 4.80 Å². The van der Waals surface area contributed by atoms with Crippen molar-refractivity contribution in [2.45, 2.75) is 39.3 Å². The molecule has 3 aromatic carbocycles. The van der Waals surface area contributed by atoms with E-state index < -0.39 is 12.0 Å². The van der Waals surface area contributed by atoms with Gasteiger partial charge < -0.3 is 14.2 Å². The van der Waals surface area contributed by atoms with Crippen molar-refractivity contribution in [3.05, 3.63) is 122 Å². The first-order chi connectivity index (χ1) is 21.2. The summed E-state index contributed by atoms with van der Waals surface area (Å²) in [6.07, 6.45) is 3.13. The molecule has 0 aliphatic carbocycles. The van der Waals surface area contributed by atoms with Gasteiger partial charge in [-0.25, -0.2) is 9.79 Å². The van der Waals surface area contributed by atoms with Crippen LogP contribution in [-0.4, -0.2) is 24.3 Å². The van der Waals surface area contributed by atoms with Crippen LogP contribution in [0, 0.1) is 0 Å². The predicted molar refractivity (Wildman–Crippen MR) is 180 cm³/mol. The Kier molecular flexibility index (Phi) is 10.5. The Morgan fingerprint density at radius 3 is 2.50 bits per heavy atom. The lowest BCUT2D eigenvalue weighted by Crippen LogP contribution is -2.40. The molecule has 5 rings (SSSR count). The lowest BCUT2D eigenvalue weighted by Gasteiger charge is -2.27. The van der Waals surface area contributed by atoms with Crippen LogP contribution in [0.4, 0.5) is 0 Å². The lowest BCUT2D eigenvalue weighted by atomic mass is 9.93. The quantitative estimate of drug-likeness (QED) is 0.158. The highest BCUT2D eigenvalue weighted by atomic mass is 79.9. The Morgan fingerprint density at radius 1 is 1.07 bits per heavy atom. The second kappa shape index (κ2) is 14.3. The van der Waals surface area contributed by atoms with Crippen LogP contribution in [0.5, 0.6) is 11.5 Å². The fourth-order valence-corrected chi connectivity index (χ4v) is 6.99. The largest absolute Gasteiger partial charge is 0.496 e. The Morgan fingerprint density at radius 2 is 1.82 bits per heavy atom. The number of aromatic nitrogens is 1. The molecule has 0 saturated carbocycles. The van der Waals surface area contributed by atoms with Crippen LogP contribution in [0.3, 0.4) is 0 Å². The normalized spacial score (nSPS) is 14.7. The summed E-state index contributed by atoms with van der Waals surface area (Å²) in [5.41, 5.74) is 3.14. The van der Waals surface area contributed by atoms with E-state index >= 15 is 0 Å². The van der Waals surface area contributed by atoms with Crippen molar-refractivity contribution in [2.75, 3.05) is 13.7 Å². The average molecular weight is 761 g/mol. The van der Waals surface area contributed by atoms with E-state index in [1.807, 2.05) is 73.7 Å². The Hall–Kier alpha value is -3.18. The number of rotatable bonds is 10. The molecule has 1 atom stereocenters. The second-order valence-corrected chi connectivity index (χ2v) is 13.1. The van der Waals surface area contributed by atoms with Crippen LogP contribution < -0.4 is 24.4 Å². The van der Waals surface area contributed by atoms with E-state index in [1.54, 1.807) is 18.6 Å². The lowest BCUT2D eigenvalue weighted by molar-refractivity contribution is -0.139. The SMILES string of the molecule is CCCC1=C(C(=O)OCC)[C@H](c2cc(Br)ccc2OC)n2c(s/c(=C/c3ccc(OCc4ccc(Cl)cc4)c(Br)c3)c2=O)=N1. The molecule has 0 N–H and O–H groups in total. The minimum atomic E-state index is -0.781. The Labute approximate surface area is 280 Å². The number of halogens is 3. The van der Waals surface area contributed by atoms with Crippen molar-refractivity contribution in [2.24, 2.45) is 4.99 Å². The fourth-order valence-electron chi connectivity index (χ4n) is 4.95. The third-order valence-electron chi connectivity index (χ3n) is 6.94. The van der Waals surface area contributed by atoms with E-state index in [0.717, 1.165) is 26.5 Å². The van der Waals surface area contributed by atoms with Crippen molar-refractivity contribution in [1.82, 2.24) is 4.57 Å². The molecule has 1 aliphatic rings. The summed E-state index contributed by atoms with van der Waals surface area (Å²) >= 11 is 14.4. The first kappa shape index (κ1) is 32.2. The van der Waals surface area contributed by atoms with Crippen LogP contribution in [0.15, 0.2) is 90.7 Å². The highest BCUT2D eigenvalue weighted by Crippen LogP contribution is 2.38. The van der Waals surface area contributed by atoms with Crippen LogP contribution in [0.25, 0.3) is 6.08 Å². The molecule has 0 saturated heterocycles. The molecule has 2 heterocycles. The highest BCUT2D eigenvalue weighted by molar-refractivity contribution is 9.10. The molecule has 0 spiro atoms. The summed E-state index contributed by atoms with van der Waals surface area (Å²) in [7, 11) is 1.57. The maximum absolute atomic E-state index is 14.1. The fraction of sp³-hybridized carbons (Fsp3) is 0.242. The number of hydrogen-bond acceptors (Lipinski definition) is 7. The molecular formula is C33H29Br2ClN2O5S. The maximum Gasteiger partial charge on any atom is 0.338 e. The highest BCUT2D eigenvalue weighted by Gasteiger charge is 2.36. The number of fused-ring (bicyclic) bond motifs is 1. The smallest absolute Gasteiger partial charge is 0.338 e. The van der Waals surface area contributed by atoms with E-state index in [2.05, 4.69) is 31.9 Å². The molecule has 0 unspecified atom stereocenters. The van der Waals surface area contributed by atoms with Gasteiger partial charge in [-0.15, -0.1) is 0 Å². The number of ether oxygens (including phenoxy) is 3. The predicted octanol–water partition coefficient (Wildman–Crippen LogP) is 7.34. The van der Waals surface area contributed by atoms with Gasteiger partial charge in [-0.3, -0.25) is 9.36 Å². The van der Waals surface area contributed by atoms with Gasteiger partial charge in [0.1, 0.15) is 24.1 Å². The van der Waals surface area contributed by atoms with E-state index in [4.69, 9.17) is 30.8 Å². The number of methoxy groups -OCH3 is 1. The molecule has 7 nitrogen and oxygen atoms in total. The molecule has 228 valence electrons. The van der Waals surface area contributed by atoms with Gasteiger partial charge in [-0.1, -0.05) is 70.4 Å². The molecule has 1 aromatic heterocycles. The summed E-state index contributed by atoms with van der Waals surface area (Å²) in [5, 5.41) is 0.672. The standard InChI is InChI=1S/C33H29Br2ClN2O5S/c1-4-6-25-29(32(40)42-5-2)30(23-17-21(34)10-14-26(23)41-3)38-31(39)28(44-33(38)37-25)16-20-9-13-27(24(35)15-20)43-18-19-7-11-22(36)12-8-19/h7-17,30H,4-6,18H2,1-3H3/b28-16+/t30-/m0/s1. The van der Waals surface area contributed by atoms with Crippen LogP contribution in [-0.2, 0) is 16.1 Å². The van der Waals surface area contributed by atoms with Gasteiger partial charge in [0.05, 0.1) is 34.0 Å². The minimum Gasteiger partial charge on any atom is -0.496 e. The molecule has 44 heavy (non-hydrogen) atoms. The molecule has 0 bridgehead atoms. The van der Waals surface area contributed by atoms with Crippen molar-refractivity contribution >= 4 is 66.8 Å². The van der Waals surface area contributed by atoms with Gasteiger partial charge in [-0.05, 0) is 88.9 Å². The third-order valence-corrected chi connectivity index (χ3v) is 9.29. The number of hydrogen-bond donors (Lipinski definition) is 0. The first-order valence-corrected chi connectivity index (χ1v) is 16.7. The summed E-state index contributed by atoms with van der Waals surface area (Å²) < 4.78 is 20.8. The molecular weight excluding hydrogens is 732 g/mol. The molecule has 4 aromatic rings. The zero-order valence-corrected chi connectivity index (χ0v) is 29.0. The second-order valence-electron chi connectivity index (χ2n) is 9.90. The number of nitrogens with zero attached hydrogens (tertiary/aromatic N) is 2. The maximum atomic E-state index is 14.1. The van der Waals surface area contributed by atoms with Crippen molar-refractivity contribution in [3.8, 4) is 11.5 Å². The number of carbonyl (C=O) groups is 1. The van der Waals surface area contributed by atoms with E-state index in [-0.39, 0.29) is 12.2 Å². The van der Waals surface area contributed by atoms with Gasteiger partial charge in [0.25, 0.3) is 5.56 Å². The molecule has 0 amide bonds. The minimum absolute atomic E-state index is 0.197. The molecule has 11 heteroatoms. The van der Waals surface area contributed by atoms with Crippen molar-refractivity contribution in [3.63, 3.8) is 0 Å². The van der Waals surface area contributed by atoms with E-state index in [0.29, 0.717) is 55.7 Å². The van der Waals surface area contributed by atoms with Crippen LogP contribution >= 0.6 is 54.8 Å². The van der Waals surface area contributed by atoms with Gasteiger partial charge in [0.2, 0.25) is 0 Å². The molecule has 1 aliphatic heterocycles. The monoisotopic (exact) mass is 758 g/mol. The van der Waals surface area contributed by atoms with Crippen LogP contribution in [0.1, 0.15) is 49.4 Å². The third kappa shape index (κ3) is 6.88.